The zero-order chi connectivity index (χ0) is 19.2. The molecule has 2 aliphatic heterocycles. The average molecular weight is 391 g/mol. The zero-order valence-electron chi connectivity index (χ0n) is 14.4. The van der Waals surface area contributed by atoms with E-state index in [9.17, 15) is 18.3 Å². The topological polar surface area (TPSA) is 102 Å². The van der Waals surface area contributed by atoms with Crippen molar-refractivity contribution in [2.75, 3.05) is 20.2 Å². The van der Waals surface area contributed by atoms with Gasteiger partial charge in [-0.2, -0.15) is 4.31 Å². The van der Waals surface area contributed by atoms with Crippen LogP contribution in [-0.4, -0.2) is 49.8 Å². The maximum atomic E-state index is 13.0. The maximum Gasteiger partial charge on any atom is 0.339 e. The van der Waals surface area contributed by atoms with Gasteiger partial charge in [-0.25, -0.2) is 13.2 Å². The zero-order valence-corrected chi connectivity index (χ0v) is 15.2. The van der Waals surface area contributed by atoms with Gasteiger partial charge in [-0.3, -0.25) is 0 Å². The Morgan fingerprint density at radius 1 is 1.19 bits per heavy atom. The Balaban J connectivity index is 1.61. The van der Waals surface area contributed by atoms with Crippen LogP contribution in [0.15, 0.2) is 47.4 Å². The van der Waals surface area contributed by atoms with Crippen molar-refractivity contribution in [3.63, 3.8) is 0 Å². The summed E-state index contributed by atoms with van der Waals surface area (Å²) in [5.41, 5.74) is -0.215. The lowest BCUT2D eigenvalue weighted by Crippen LogP contribution is -2.42. The van der Waals surface area contributed by atoms with Crippen LogP contribution in [-0.2, 0) is 10.0 Å². The fourth-order valence-electron chi connectivity index (χ4n) is 3.30. The summed E-state index contributed by atoms with van der Waals surface area (Å²) < 4.78 is 44.0. The molecule has 142 valence electrons. The number of hydrogen-bond donors (Lipinski definition) is 1. The number of nitrogens with zero attached hydrogens (tertiary/aromatic N) is 1. The van der Waals surface area contributed by atoms with Gasteiger partial charge in [0.05, 0.1) is 18.6 Å². The highest BCUT2D eigenvalue weighted by atomic mass is 32.2. The van der Waals surface area contributed by atoms with Crippen molar-refractivity contribution in [3.05, 3.63) is 48.0 Å². The van der Waals surface area contributed by atoms with Crippen LogP contribution in [0, 0.1) is 0 Å². The molecule has 1 N–H and O–H groups in total. The van der Waals surface area contributed by atoms with Crippen molar-refractivity contribution in [1.29, 1.82) is 0 Å². The van der Waals surface area contributed by atoms with Crippen molar-refractivity contribution in [3.8, 4) is 17.2 Å². The molecule has 9 heteroatoms. The minimum atomic E-state index is -3.92. The fourth-order valence-corrected chi connectivity index (χ4v) is 4.80. The summed E-state index contributed by atoms with van der Waals surface area (Å²) in [5.74, 6) is -1.07. The minimum Gasteiger partial charge on any atom is -0.496 e. The normalized spacial score (nSPS) is 18.0. The molecule has 1 spiro atoms. The van der Waals surface area contributed by atoms with Gasteiger partial charge < -0.3 is 19.3 Å². The largest absolute Gasteiger partial charge is 0.496 e. The fraction of sp³-hybridized carbons (Fsp3) is 0.278. The summed E-state index contributed by atoms with van der Waals surface area (Å²) in [7, 11) is -2.59. The molecule has 8 nitrogen and oxygen atoms in total. The molecule has 2 aromatic rings. The molecule has 0 atom stereocenters. The molecule has 1 fully saturated rings. The molecule has 0 bridgehead atoms. The molecule has 27 heavy (non-hydrogen) atoms. The number of carbonyl (C=O) groups is 1. The Labute approximate surface area is 155 Å². The van der Waals surface area contributed by atoms with Crippen LogP contribution < -0.4 is 14.2 Å². The monoisotopic (exact) mass is 391 g/mol. The van der Waals surface area contributed by atoms with E-state index in [4.69, 9.17) is 14.2 Å². The lowest BCUT2D eigenvalue weighted by atomic mass is 10.2. The molecule has 0 radical (unpaired) electrons. The second kappa shape index (κ2) is 6.14. The minimum absolute atomic E-state index is 0.0123. The third-order valence-corrected chi connectivity index (χ3v) is 6.48. The Bertz CT molecular complexity index is 993. The highest BCUT2D eigenvalue weighted by Gasteiger charge is 2.50. The first-order chi connectivity index (χ1) is 12.8. The second-order valence-electron chi connectivity index (χ2n) is 6.32. The Morgan fingerprint density at radius 2 is 1.85 bits per heavy atom. The molecular formula is C18H17NO7S. The number of para-hydroxylation sites is 2. The van der Waals surface area contributed by atoms with Crippen LogP contribution in [0.3, 0.4) is 0 Å². The summed E-state index contributed by atoms with van der Waals surface area (Å²) in [6.45, 7) is 0.212. The Hall–Kier alpha value is -2.78. The van der Waals surface area contributed by atoms with E-state index in [-0.39, 0.29) is 29.3 Å². The summed E-state index contributed by atoms with van der Waals surface area (Å²) in [6, 6.07) is 10.9. The van der Waals surface area contributed by atoms with E-state index in [0.717, 1.165) is 6.07 Å². The standard InChI is InChI=1S/C18H17NO7S/c1-24-14-7-6-12(10-13(14)17(20)21)27(22,23)19-9-8-18(11-19)25-15-4-2-3-5-16(15)26-18/h2-7,10H,8-9,11H2,1H3,(H,20,21). The van der Waals surface area contributed by atoms with Crippen LogP contribution >= 0.6 is 0 Å². The number of rotatable bonds is 4. The number of methoxy groups -OCH3 is 1. The van der Waals surface area contributed by atoms with Gasteiger partial charge in [0.2, 0.25) is 10.0 Å². The van der Waals surface area contributed by atoms with E-state index in [0.29, 0.717) is 17.9 Å². The molecule has 0 amide bonds. The van der Waals surface area contributed by atoms with Crippen molar-refractivity contribution in [2.45, 2.75) is 17.1 Å². The van der Waals surface area contributed by atoms with E-state index in [2.05, 4.69) is 0 Å². The van der Waals surface area contributed by atoms with Gasteiger partial charge in [-0.1, -0.05) is 12.1 Å². The SMILES string of the molecule is COc1ccc(S(=O)(=O)N2CCC3(C2)Oc2ccccc2O3)cc1C(=O)O. The first kappa shape index (κ1) is 17.6. The van der Waals surface area contributed by atoms with Gasteiger partial charge >= 0.3 is 5.97 Å². The van der Waals surface area contributed by atoms with Gasteiger partial charge in [-0.15, -0.1) is 0 Å². The van der Waals surface area contributed by atoms with E-state index in [1.54, 1.807) is 12.1 Å². The predicted octanol–water partition coefficient (Wildman–Crippen LogP) is 1.96. The first-order valence-electron chi connectivity index (χ1n) is 8.23. The van der Waals surface area contributed by atoms with Gasteiger partial charge in [0, 0.05) is 13.0 Å². The number of aromatic carboxylic acids is 1. The third kappa shape index (κ3) is 2.88. The lowest BCUT2D eigenvalue weighted by molar-refractivity contribution is -0.0633. The van der Waals surface area contributed by atoms with Gasteiger partial charge in [0.25, 0.3) is 5.79 Å². The van der Waals surface area contributed by atoms with Crippen molar-refractivity contribution in [1.82, 2.24) is 4.31 Å². The van der Waals surface area contributed by atoms with Crippen molar-refractivity contribution in [2.24, 2.45) is 0 Å². The van der Waals surface area contributed by atoms with Gasteiger partial charge in [0.1, 0.15) is 11.3 Å². The summed E-state index contributed by atoms with van der Waals surface area (Å²) in [4.78, 5) is 11.3. The van der Waals surface area contributed by atoms with Crippen LogP contribution in [0.4, 0.5) is 0 Å². The molecular weight excluding hydrogens is 374 g/mol. The summed E-state index contributed by atoms with van der Waals surface area (Å²) >= 11 is 0. The smallest absolute Gasteiger partial charge is 0.339 e. The van der Waals surface area contributed by atoms with Crippen molar-refractivity contribution < 1.29 is 32.5 Å². The number of ether oxygens (including phenoxy) is 3. The van der Waals surface area contributed by atoms with E-state index in [1.807, 2.05) is 12.1 Å². The Morgan fingerprint density at radius 3 is 2.44 bits per heavy atom. The lowest BCUT2D eigenvalue weighted by Gasteiger charge is -2.23. The number of fused-ring (bicyclic) bond motifs is 1. The molecule has 0 unspecified atom stereocenters. The van der Waals surface area contributed by atoms with E-state index >= 15 is 0 Å². The third-order valence-electron chi connectivity index (χ3n) is 4.64. The molecule has 2 heterocycles. The number of benzene rings is 2. The highest BCUT2D eigenvalue weighted by molar-refractivity contribution is 7.89. The maximum absolute atomic E-state index is 13.0. The van der Waals surface area contributed by atoms with Crippen LogP contribution in [0.5, 0.6) is 17.2 Å². The first-order valence-corrected chi connectivity index (χ1v) is 9.67. The van der Waals surface area contributed by atoms with E-state index in [1.165, 1.54) is 23.5 Å². The number of hydrogen-bond acceptors (Lipinski definition) is 6. The molecule has 1 saturated heterocycles. The molecule has 2 aliphatic rings. The van der Waals surface area contributed by atoms with E-state index < -0.39 is 21.8 Å². The van der Waals surface area contributed by atoms with Crippen LogP contribution in [0.1, 0.15) is 16.8 Å². The quantitative estimate of drug-likeness (QED) is 0.850. The number of carboxylic acid groups (broad SMARTS) is 1. The van der Waals surface area contributed by atoms with Crippen molar-refractivity contribution >= 4 is 16.0 Å². The molecule has 0 saturated carbocycles. The molecule has 0 aliphatic carbocycles. The van der Waals surface area contributed by atoms with Gasteiger partial charge in [-0.05, 0) is 30.3 Å². The predicted molar refractivity (Wildman–Crippen MR) is 93.8 cm³/mol. The number of carboxylic acids is 1. The molecule has 2 aromatic carbocycles. The summed E-state index contributed by atoms with van der Waals surface area (Å²) in [6.07, 6.45) is 0.364. The number of sulfonamides is 1. The highest BCUT2D eigenvalue weighted by Crippen LogP contribution is 2.43. The van der Waals surface area contributed by atoms with Crippen LogP contribution in [0.2, 0.25) is 0 Å². The Kier molecular flexibility index (Phi) is 4.01. The van der Waals surface area contributed by atoms with Gasteiger partial charge in [0.15, 0.2) is 11.5 Å². The van der Waals surface area contributed by atoms with Crippen LogP contribution in [0.25, 0.3) is 0 Å². The average Bonchev–Trinajstić information content (AvgIpc) is 3.24. The summed E-state index contributed by atoms with van der Waals surface area (Å²) in [5, 5.41) is 9.29. The molecule has 4 rings (SSSR count). The molecule has 0 aromatic heterocycles. The second-order valence-corrected chi connectivity index (χ2v) is 8.26.